The third-order valence-corrected chi connectivity index (χ3v) is 2.59. The van der Waals surface area contributed by atoms with E-state index in [-0.39, 0.29) is 6.03 Å². The first kappa shape index (κ1) is 13.3. The molecule has 0 unspecified atom stereocenters. The Labute approximate surface area is 97.5 Å². The van der Waals surface area contributed by atoms with Crippen molar-refractivity contribution in [2.45, 2.75) is 25.3 Å². The van der Waals surface area contributed by atoms with Gasteiger partial charge >= 0.3 is 6.03 Å². The normalized spacial score (nSPS) is 15.2. The average Bonchev–Trinajstić information content (AvgIpc) is 3.05. The summed E-state index contributed by atoms with van der Waals surface area (Å²) in [5, 5.41) is 5.75. The summed E-state index contributed by atoms with van der Waals surface area (Å²) in [4.78, 5) is 13.5. The van der Waals surface area contributed by atoms with E-state index in [9.17, 15) is 4.79 Å². The zero-order chi connectivity index (χ0) is 11.8. The lowest BCUT2D eigenvalue weighted by Gasteiger charge is -2.15. The van der Waals surface area contributed by atoms with Crippen LogP contribution in [0.25, 0.3) is 0 Å². The third kappa shape index (κ3) is 6.63. The van der Waals surface area contributed by atoms with E-state index in [1.807, 2.05) is 0 Å². The van der Waals surface area contributed by atoms with Gasteiger partial charge in [0, 0.05) is 26.2 Å². The molecule has 0 radical (unpaired) electrons. The van der Waals surface area contributed by atoms with Crippen molar-refractivity contribution in [1.29, 1.82) is 0 Å². The third-order valence-electron chi connectivity index (χ3n) is 2.59. The highest BCUT2D eigenvalue weighted by Crippen LogP contribution is 2.18. The largest absolute Gasteiger partial charge is 0.383 e. The summed E-state index contributed by atoms with van der Waals surface area (Å²) >= 11 is 0. The molecule has 0 aromatic carbocycles. The summed E-state index contributed by atoms with van der Waals surface area (Å²) in [7, 11) is 3.76. The Balaban J connectivity index is 1.87. The zero-order valence-electron chi connectivity index (χ0n) is 10.3. The zero-order valence-corrected chi connectivity index (χ0v) is 10.3. The second-order valence-electron chi connectivity index (χ2n) is 4.32. The smallest absolute Gasteiger partial charge is 0.315 e. The van der Waals surface area contributed by atoms with Crippen molar-refractivity contribution >= 4 is 6.03 Å². The first-order valence-electron chi connectivity index (χ1n) is 5.94. The van der Waals surface area contributed by atoms with Gasteiger partial charge in [-0.3, -0.25) is 0 Å². The number of carbonyl (C=O) groups is 1. The van der Waals surface area contributed by atoms with Crippen molar-refractivity contribution in [3.05, 3.63) is 0 Å². The Kier molecular flexibility index (Phi) is 6.18. The van der Waals surface area contributed by atoms with E-state index in [4.69, 9.17) is 4.74 Å². The Hall–Kier alpha value is -0.810. The van der Waals surface area contributed by atoms with Crippen molar-refractivity contribution in [3.63, 3.8) is 0 Å². The molecule has 2 amide bonds. The molecule has 0 heterocycles. The van der Waals surface area contributed by atoms with E-state index < -0.39 is 0 Å². The minimum atomic E-state index is -0.0259. The molecule has 0 bridgehead atoms. The number of ether oxygens (including phenoxy) is 1. The van der Waals surface area contributed by atoms with Crippen LogP contribution >= 0.6 is 0 Å². The van der Waals surface area contributed by atoms with Crippen LogP contribution in [-0.4, -0.2) is 57.4 Å². The highest BCUT2D eigenvalue weighted by molar-refractivity contribution is 5.74. The first-order valence-corrected chi connectivity index (χ1v) is 5.94. The van der Waals surface area contributed by atoms with Crippen LogP contribution in [0, 0.1) is 0 Å². The topological polar surface area (TPSA) is 53.6 Å². The summed E-state index contributed by atoms with van der Waals surface area (Å²) in [6.07, 6.45) is 3.23. The fourth-order valence-electron chi connectivity index (χ4n) is 1.37. The molecule has 1 fully saturated rings. The summed E-state index contributed by atoms with van der Waals surface area (Å²) < 4.78 is 4.99. The molecule has 0 spiro atoms. The Bertz CT molecular complexity index is 207. The van der Waals surface area contributed by atoms with Gasteiger partial charge in [-0.2, -0.15) is 0 Å². The molecule has 1 aliphatic rings. The van der Waals surface area contributed by atoms with Crippen LogP contribution < -0.4 is 10.6 Å². The van der Waals surface area contributed by atoms with Crippen LogP contribution in [0.1, 0.15) is 19.3 Å². The van der Waals surface area contributed by atoms with Gasteiger partial charge in [-0.15, -0.1) is 0 Å². The molecule has 94 valence electrons. The molecule has 0 aliphatic heterocycles. The van der Waals surface area contributed by atoms with E-state index in [2.05, 4.69) is 22.6 Å². The summed E-state index contributed by atoms with van der Waals surface area (Å²) in [5.41, 5.74) is 0. The molecular weight excluding hydrogens is 206 g/mol. The van der Waals surface area contributed by atoms with Gasteiger partial charge in [0.25, 0.3) is 0 Å². The second-order valence-corrected chi connectivity index (χ2v) is 4.32. The van der Waals surface area contributed by atoms with Gasteiger partial charge in [0.2, 0.25) is 0 Å². The van der Waals surface area contributed by atoms with E-state index in [1.165, 1.54) is 0 Å². The highest BCUT2D eigenvalue weighted by atomic mass is 16.5. The second kappa shape index (κ2) is 7.46. The Morgan fingerprint density at radius 3 is 2.81 bits per heavy atom. The molecule has 2 N–H and O–H groups in total. The van der Waals surface area contributed by atoms with Gasteiger partial charge in [-0.25, -0.2) is 4.79 Å². The molecule has 16 heavy (non-hydrogen) atoms. The number of nitrogens with one attached hydrogen (secondary N) is 2. The average molecular weight is 229 g/mol. The molecule has 0 atom stereocenters. The molecule has 0 aromatic rings. The number of rotatable bonds is 8. The lowest BCUT2D eigenvalue weighted by molar-refractivity contribution is 0.160. The molecule has 5 heteroatoms. The minimum Gasteiger partial charge on any atom is -0.383 e. The van der Waals surface area contributed by atoms with Gasteiger partial charge in [0.15, 0.2) is 0 Å². The van der Waals surface area contributed by atoms with E-state index in [0.29, 0.717) is 6.04 Å². The van der Waals surface area contributed by atoms with Gasteiger partial charge in [-0.1, -0.05) is 0 Å². The maximum absolute atomic E-state index is 11.3. The number of likely N-dealkylation sites (N-methyl/N-ethyl adjacent to an activating group) is 1. The predicted octanol–water partition coefficient (Wildman–Crippen LogP) is 0.416. The quantitative estimate of drug-likeness (QED) is 0.593. The molecule has 1 rings (SSSR count). The van der Waals surface area contributed by atoms with Gasteiger partial charge in [0.1, 0.15) is 0 Å². The van der Waals surface area contributed by atoms with Crippen molar-refractivity contribution in [2.24, 2.45) is 0 Å². The number of nitrogens with zero attached hydrogens (tertiary/aromatic N) is 1. The Morgan fingerprint density at radius 2 is 2.19 bits per heavy atom. The predicted molar refractivity (Wildman–Crippen MR) is 63.5 cm³/mol. The molecule has 0 saturated heterocycles. The van der Waals surface area contributed by atoms with Crippen molar-refractivity contribution in [3.8, 4) is 0 Å². The van der Waals surface area contributed by atoms with Crippen LogP contribution in [-0.2, 0) is 4.74 Å². The van der Waals surface area contributed by atoms with Gasteiger partial charge in [-0.05, 0) is 32.9 Å². The standard InChI is InChI=1S/C11H23N3O2/c1-14(8-9-16-2)7-3-6-12-11(15)13-10-4-5-10/h10H,3-9H2,1-2H3,(H2,12,13,15). The lowest BCUT2D eigenvalue weighted by atomic mass is 10.4. The fraction of sp³-hybridized carbons (Fsp3) is 0.909. The first-order chi connectivity index (χ1) is 7.72. The van der Waals surface area contributed by atoms with Gasteiger partial charge in [0.05, 0.1) is 6.61 Å². The van der Waals surface area contributed by atoms with Crippen LogP contribution in [0.2, 0.25) is 0 Å². The summed E-state index contributed by atoms with van der Waals surface area (Å²) in [6, 6.07) is 0.409. The van der Waals surface area contributed by atoms with Crippen LogP contribution in [0.5, 0.6) is 0 Å². The number of carbonyl (C=O) groups excluding carboxylic acids is 1. The van der Waals surface area contributed by atoms with E-state index >= 15 is 0 Å². The fourth-order valence-corrected chi connectivity index (χ4v) is 1.37. The highest BCUT2D eigenvalue weighted by Gasteiger charge is 2.22. The molecule has 5 nitrogen and oxygen atoms in total. The van der Waals surface area contributed by atoms with Crippen LogP contribution in [0.15, 0.2) is 0 Å². The summed E-state index contributed by atoms with van der Waals surface area (Å²) in [5.74, 6) is 0. The number of hydrogen-bond donors (Lipinski definition) is 2. The number of urea groups is 1. The van der Waals surface area contributed by atoms with Gasteiger partial charge < -0.3 is 20.3 Å². The number of amides is 2. The van der Waals surface area contributed by atoms with Crippen LogP contribution in [0.4, 0.5) is 4.79 Å². The van der Waals surface area contributed by atoms with E-state index in [0.717, 1.165) is 45.5 Å². The van der Waals surface area contributed by atoms with E-state index in [1.54, 1.807) is 7.11 Å². The monoisotopic (exact) mass is 229 g/mol. The molecular formula is C11H23N3O2. The number of methoxy groups -OCH3 is 1. The summed E-state index contributed by atoms with van der Waals surface area (Å²) in [6.45, 7) is 3.40. The SMILES string of the molecule is COCCN(C)CCCNC(=O)NC1CC1. The maximum Gasteiger partial charge on any atom is 0.315 e. The Morgan fingerprint density at radius 1 is 1.44 bits per heavy atom. The van der Waals surface area contributed by atoms with Crippen LogP contribution in [0.3, 0.4) is 0 Å². The van der Waals surface area contributed by atoms with Crippen molar-refractivity contribution in [1.82, 2.24) is 15.5 Å². The molecule has 1 aliphatic carbocycles. The molecule has 0 aromatic heterocycles. The van der Waals surface area contributed by atoms with Crippen molar-refractivity contribution < 1.29 is 9.53 Å². The minimum absolute atomic E-state index is 0.0259. The number of hydrogen-bond acceptors (Lipinski definition) is 3. The van der Waals surface area contributed by atoms with Crippen molar-refractivity contribution in [2.75, 3.05) is 40.4 Å². The lowest BCUT2D eigenvalue weighted by Crippen LogP contribution is -2.38. The maximum atomic E-state index is 11.3. The molecule has 1 saturated carbocycles.